The lowest BCUT2D eigenvalue weighted by atomic mass is 9.90. The molecule has 0 aliphatic carbocycles. The zero-order valence-electron chi connectivity index (χ0n) is 18.1. The Morgan fingerprint density at radius 1 is 1.23 bits per heavy atom. The average molecular weight is 532 g/mol. The van der Waals surface area contributed by atoms with E-state index in [2.05, 4.69) is 47.6 Å². The van der Waals surface area contributed by atoms with Crippen molar-refractivity contribution in [1.29, 1.82) is 0 Å². The minimum absolute atomic E-state index is 0. The topological polar surface area (TPSA) is 76.4 Å². The number of aliphatic imine (C=N–C) groups is 1. The number of pyridine rings is 1. The van der Waals surface area contributed by atoms with E-state index in [0.29, 0.717) is 6.54 Å². The lowest BCUT2D eigenvalue weighted by Gasteiger charge is -2.38. The second-order valence-electron chi connectivity index (χ2n) is 7.97. The number of hydrogen-bond acceptors (Lipinski definition) is 4. The standard InChI is InChI=1S/C23H28N6O.HI/c1-4-24-22(26-16-17-10-12-25-21(14-17)29-13-7-11-27-29)28-19-15-23(2,3)30-20-9-6-5-8-18(19)20;/h5-14,19H,4,15-16H2,1-3H3,(H2,24,26,28);1H. The quantitative estimate of drug-likeness (QED) is 0.292. The number of fused-ring (bicyclic) bond motifs is 1. The van der Waals surface area contributed by atoms with Crippen molar-refractivity contribution in [3.8, 4) is 11.6 Å². The van der Waals surface area contributed by atoms with Crippen LogP contribution in [0.3, 0.4) is 0 Å². The van der Waals surface area contributed by atoms with Gasteiger partial charge in [0.05, 0.1) is 12.6 Å². The number of ether oxygens (including phenoxy) is 1. The minimum Gasteiger partial charge on any atom is -0.487 e. The monoisotopic (exact) mass is 532 g/mol. The fraction of sp³-hybridized carbons (Fsp3) is 0.348. The Hall–Kier alpha value is -2.62. The average Bonchev–Trinajstić information content (AvgIpc) is 3.26. The molecule has 0 bridgehead atoms. The first-order chi connectivity index (χ1) is 14.5. The van der Waals surface area contributed by atoms with Gasteiger partial charge in [-0.15, -0.1) is 24.0 Å². The zero-order chi connectivity index (χ0) is 21.0. The highest BCUT2D eigenvalue weighted by Gasteiger charge is 2.33. The van der Waals surface area contributed by atoms with Gasteiger partial charge >= 0.3 is 0 Å². The summed E-state index contributed by atoms with van der Waals surface area (Å²) in [6, 6.07) is 14.2. The highest BCUT2D eigenvalue weighted by Crippen LogP contribution is 2.39. The van der Waals surface area contributed by atoms with Crippen LogP contribution in [-0.2, 0) is 6.54 Å². The van der Waals surface area contributed by atoms with Gasteiger partial charge < -0.3 is 15.4 Å². The predicted octanol–water partition coefficient (Wildman–Crippen LogP) is 4.24. The van der Waals surface area contributed by atoms with Crippen molar-refractivity contribution in [2.45, 2.75) is 45.4 Å². The van der Waals surface area contributed by atoms with Gasteiger partial charge in [-0.05, 0) is 50.6 Å². The number of nitrogens with zero attached hydrogens (tertiary/aromatic N) is 4. The molecule has 1 atom stereocenters. The smallest absolute Gasteiger partial charge is 0.192 e. The number of guanidine groups is 1. The Morgan fingerprint density at radius 2 is 2.06 bits per heavy atom. The first kappa shape index (κ1) is 23.1. The van der Waals surface area contributed by atoms with Gasteiger partial charge in [-0.2, -0.15) is 5.10 Å². The van der Waals surface area contributed by atoms with E-state index in [-0.39, 0.29) is 35.6 Å². The molecule has 1 aromatic carbocycles. The Kier molecular flexibility index (Phi) is 7.53. The number of para-hydroxylation sites is 1. The summed E-state index contributed by atoms with van der Waals surface area (Å²) in [5.41, 5.74) is 1.99. The van der Waals surface area contributed by atoms with E-state index in [1.165, 1.54) is 0 Å². The molecule has 0 saturated heterocycles. The van der Waals surface area contributed by atoms with Crippen LogP contribution in [0, 0.1) is 0 Å². The number of nitrogens with one attached hydrogen (secondary N) is 2. The van der Waals surface area contributed by atoms with E-state index in [1.54, 1.807) is 17.1 Å². The maximum absolute atomic E-state index is 6.15. The van der Waals surface area contributed by atoms with Gasteiger partial charge in [-0.25, -0.2) is 14.7 Å². The summed E-state index contributed by atoms with van der Waals surface area (Å²) in [6.45, 7) is 7.64. The normalized spacial score (nSPS) is 17.1. The van der Waals surface area contributed by atoms with Crippen molar-refractivity contribution < 1.29 is 4.74 Å². The summed E-state index contributed by atoms with van der Waals surface area (Å²) in [5, 5.41) is 11.2. The maximum Gasteiger partial charge on any atom is 0.192 e. The van der Waals surface area contributed by atoms with Crippen LogP contribution in [0.4, 0.5) is 0 Å². The van der Waals surface area contributed by atoms with Crippen LogP contribution in [0.25, 0.3) is 5.82 Å². The molecular formula is C23H29IN6O. The predicted molar refractivity (Wildman–Crippen MR) is 133 cm³/mol. The molecule has 0 radical (unpaired) electrons. The van der Waals surface area contributed by atoms with Crippen molar-refractivity contribution in [1.82, 2.24) is 25.4 Å². The van der Waals surface area contributed by atoms with Crippen LogP contribution in [-0.4, -0.2) is 32.9 Å². The fourth-order valence-electron chi connectivity index (χ4n) is 3.67. The maximum atomic E-state index is 6.15. The van der Waals surface area contributed by atoms with Gasteiger partial charge in [0.1, 0.15) is 11.4 Å². The molecular weight excluding hydrogens is 503 g/mol. The van der Waals surface area contributed by atoms with E-state index in [4.69, 9.17) is 9.73 Å². The van der Waals surface area contributed by atoms with E-state index < -0.39 is 0 Å². The highest BCUT2D eigenvalue weighted by atomic mass is 127. The molecule has 1 unspecified atom stereocenters. The number of benzene rings is 1. The van der Waals surface area contributed by atoms with Crippen LogP contribution in [0.1, 0.15) is 44.4 Å². The molecule has 0 fully saturated rings. The van der Waals surface area contributed by atoms with E-state index in [9.17, 15) is 0 Å². The third-order valence-electron chi connectivity index (χ3n) is 5.00. The van der Waals surface area contributed by atoms with Gasteiger partial charge in [0, 0.05) is 37.1 Å². The fourth-order valence-corrected chi connectivity index (χ4v) is 3.67. The summed E-state index contributed by atoms with van der Waals surface area (Å²) < 4.78 is 7.90. The number of hydrogen-bond donors (Lipinski definition) is 2. The van der Waals surface area contributed by atoms with Gasteiger partial charge in [0.2, 0.25) is 0 Å². The van der Waals surface area contributed by atoms with Crippen molar-refractivity contribution in [2.75, 3.05) is 6.54 Å². The SMILES string of the molecule is CCNC(=NCc1ccnc(-n2cccn2)c1)NC1CC(C)(C)Oc2ccccc21.I. The zero-order valence-corrected chi connectivity index (χ0v) is 20.4. The first-order valence-corrected chi connectivity index (χ1v) is 10.3. The molecule has 164 valence electrons. The minimum atomic E-state index is -0.243. The molecule has 0 saturated carbocycles. The molecule has 1 aliphatic rings. The molecule has 1 aliphatic heterocycles. The molecule has 2 N–H and O–H groups in total. The summed E-state index contributed by atoms with van der Waals surface area (Å²) in [6.07, 6.45) is 6.27. The third-order valence-corrected chi connectivity index (χ3v) is 5.00. The molecule has 3 aromatic rings. The van der Waals surface area contributed by atoms with Gasteiger partial charge in [0.25, 0.3) is 0 Å². The molecule has 4 rings (SSSR count). The van der Waals surface area contributed by atoms with Crippen molar-refractivity contribution in [3.05, 3.63) is 72.2 Å². The second-order valence-corrected chi connectivity index (χ2v) is 7.97. The first-order valence-electron chi connectivity index (χ1n) is 10.3. The Labute approximate surface area is 200 Å². The molecule has 8 heteroatoms. The third kappa shape index (κ3) is 5.75. The van der Waals surface area contributed by atoms with E-state index in [0.717, 1.165) is 41.6 Å². The van der Waals surface area contributed by atoms with Crippen molar-refractivity contribution in [2.24, 2.45) is 4.99 Å². The van der Waals surface area contributed by atoms with Gasteiger partial charge in [0.15, 0.2) is 11.8 Å². The van der Waals surface area contributed by atoms with E-state index in [1.807, 2.05) is 42.6 Å². The molecule has 7 nitrogen and oxygen atoms in total. The van der Waals surface area contributed by atoms with E-state index >= 15 is 0 Å². The Bertz CT molecular complexity index is 1020. The molecule has 31 heavy (non-hydrogen) atoms. The van der Waals surface area contributed by atoms with Crippen LogP contribution in [0.15, 0.2) is 66.0 Å². The number of halogens is 1. The van der Waals surface area contributed by atoms with Crippen LogP contribution >= 0.6 is 24.0 Å². The van der Waals surface area contributed by atoms with Gasteiger partial charge in [-0.3, -0.25) is 0 Å². The Morgan fingerprint density at radius 3 is 2.84 bits per heavy atom. The molecule has 2 aromatic heterocycles. The Balaban J connectivity index is 0.00000272. The van der Waals surface area contributed by atoms with Crippen LogP contribution in [0.5, 0.6) is 5.75 Å². The molecule has 3 heterocycles. The van der Waals surface area contributed by atoms with Crippen LogP contribution in [0.2, 0.25) is 0 Å². The second kappa shape index (κ2) is 10.1. The van der Waals surface area contributed by atoms with Crippen molar-refractivity contribution in [3.63, 3.8) is 0 Å². The summed E-state index contributed by atoms with van der Waals surface area (Å²) in [4.78, 5) is 9.20. The summed E-state index contributed by atoms with van der Waals surface area (Å²) in [5.74, 6) is 2.50. The van der Waals surface area contributed by atoms with Gasteiger partial charge in [-0.1, -0.05) is 18.2 Å². The summed E-state index contributed by atoms with van der Waals surface area (Å²) >= 11 is 0. The molecule has 0 spiro atoms. The highest BCUT2D eigenvalue weighted by molar-refractivity contribution is 14.0. The summed E-state index contributed by atoms with van der Waals surface area (Å²) in [7, 11) is 0. The lowest BCUT2D eigenvalue weighted by Crippen LogP contribution is -2.45. The number of aromatic nitrogens is 3. The largest absolute Gasteiger partial charge is 0.487 e. The van der Waals surface area contributed by atoms with Crippen molar-refractivity contribution >= 4 is 29.9 Å². The van der Waals surface area contributed by atoms with Crippen LogP contribution < -0.4 is 15.4 Å². The lowest BCUT2D eigenvalue weighted by molar-refractivity contribution is 0.0694. The molecule has 0 amide bonds. The number of rotatable bonds is 5.